The molecule has 2 aromatic carbocycles. The summed E-state index contributed by atoms with van der Waals surface area (Å²) in [5, 5.41) is 8.89. The Kier molecular flexibility index (Phi) is 5.74. The van der Waals surface area contributed by atoms with Crippen LogP contribution in [-0.2, 0) is 17.8 Å². The molecular formula is C20H23NO3. The molecule has 4 heteroatoms. The standard InChI is InChI=1S/C20H23NO3/c1-14(2)17-8-6-16(7-9-17)13-21(3)19(22)12-15-4-10-18(11-5-15)20(23)24/h4-11,14H,12-13H2,1-3H3,(H,23,24). The lowest BCUT2D eigenvalue weighted by atomic mass is 10.0. The van der Waals surface area contributed by atoms with Crippen molar-refractivity contribution in [3.8, 4) is 0 Å². The van der Waals surface area contributed by atoms with Crippen molar-refractivity contribution in [2.24, 2.45) is 0 Å². The fraction of sp³-hybridized carbons (Fsp3) is 0.300. The Morgan fingerprint density at radius 1 is 0.958 bits per heavy atom. The van der Waals surface area contributed by atoms with E-state index >= 15 is 0 Å². The topological polar surface area (TPSA) is 57.6 Å². The first kappa shape index (κ1) is 17.7. The maximum Gasteiger partial charge on any atom is 0.335 e. The number of carbonyl (C=O) groups is 2. The molecule has 2 rings (SSSR count). The summed E-state index contributed by atoms with van der Waals surface area (Å²) in [5.41, 5.74) is 3.42. The number of carbonyl (C=O) groups excluding carboxylic acids is 1. The van der Waals surface area contributed by atoms with Gasteiger partial charge >= 0.3 is 5.97 Å². The number of amides is 1. The van der Waals surface area contributed by atoms with Crippen LogP contribution in [0.15, 0.2) is 48.5 Å². The predicted molar refractivity (Wildman–Crippen MR) is 94.1 cm³/mol. The van der Waals surface area contributed by atoms with Gasteiger partial charge in [-0.15, -0.1) is 0 Å². The average Bonchev–Trinajstić information content (AvgIpc) is 2.55. The highest BCUT2D eigenvalue weighted by Gasteiger charge is 2.11. The zero-order chi connectivity index (χ0) is 17.7. The van der Waals surface area contributed by atoms with E-state index in [2.05, 4.69) is 38.1 Å². The van der Waals surface area contributed by atoms with Gasteiger partial charge in [0.2, 0.25) is 5.91 Å². The normalized spacial score (nSPS) is 10.7. The Hall–Kier alpha value is -2.62. The maximum absolute atomic E-state index is 12.3. The zero-order valence-electron chi connectivity index (χ0n) is 14.3. The molecule has 0 bridgehead atoms. The molecule has 0 aromatic heterocycles. The molecule has 24 heavy (non-hydrogen) atoms. The molecule has 2 aromatic rings. The van der Waals surface area contributed by atoms with E-state index in [0.717, 1.165) is 11.1 Å². The largest absolute Gasteiger partial charge is 0.478 e. The van der Waals surface area contributed by atoms with Crippen LogP contribution in [0, 0.1) is 0 Å². The van der Waals surface area contributed by atoms with E-state index in [1.807, 2.05) is 0 Å². The van der Waals surface area contributed by atoms with Gasteiger partial charge in [0.1, 0.15) is 0 Å². The van der Waals surface area contributed by atoms with E-state index in [0.29, 0.717) is 12.5 Å². The molecule has 0 heterocycles. The van der Waals surface area contributed by atoms with Gasteiger partial charge in [-0.3, -0.25) is 4.79 Å². The Morgan fingerprint density at radius 2 is 1.50 bits per heavy atom. The van der Waals surface area contributed by atoms with Gasteiger partial charge < -0.3 is 10.0 Å². The molecule has 0 aliphatic heterocycles. The van der Waals surface area contributed by atoms with Gasteiger partial charge in [0.05, 0.1) is 12.0 Å². The number of carboxylic acid groups (broad SMARTS) is 1. The van der Waals surface area contributed by atoms with Crippen LogP contribution in [0.1, 0.15) is 46.8 Å². The lowest BCUT2D eigenvalue weighted by molar-refractivity contribution is -0.129. The van der Waals surface area contributed by atoms with Crippen LogP contribution in [0.5, 0.6) is 0 Å². The van der Waals surface area contributed by atoms with E-state index in [1.165, 1.54) is 17.7 Å². The molecule has 0 unspecified atom stereocenters. The van der Waals surface area contributed by atoms with Crippen molar-refractivity contribution in [3.63, 3.8) is 0 Å². The van der Waals surface area contributed by atoms with E-state index in [4.69, 9.17) is 5.11 Å². The fourth-order valence-corrected chi connectivity index (χ4v) is 2.44. The number of nitrogens with zero attached hydrogens (tertiary/aromatic N) is 1. The maximum atomic E-state index is 12.3. The van der Waals surface area contributed by atoms with Gasteiger partial charge in [0.25, 0.3) is 0 Å². The molecule has 126 valence electrons. The van der Waals surface area contributed by atoms with Crippen molar-refractivity contribution in [1.82, 2.24) is 4.90 Å². The Labute approximate surface area is 142 Å². The van der Waals surface area contributed by atoms with Crippen molar-refractivity contribution < 1.29 is 14.7 Å². The smallest absolute Gasteiger partial charge is 0.335 e. The average molecular weight is 325 g/mol. The van der Waals surface area contributed by atoms with Crippen molar-refractivity contribution in [1.29, 1.82) is 0 Å². The van der Waals surface area contributed by atoms with Gasteiger partial charge in [-0.2, -0.15) is 0 Å². The minimum Gasteiger partial charge on any atom is -0.478 e. The molecule has 0 radical (unpaired) electrons. The summed E-state index contributed by atoms with van der Waals surface area (Å²) in [6.07, 6.45) is 0.264. The molecule has 1 amide bonds. The Morgan fingerprint density at radius 3 is 2.00 bits per heavy atom. The van der Waals surface area contributed by atoms with E-state index < -0.39 is 5.97 Å². The molecular weight excluding hydrogens is 302 g/mol. The summed E-state index contributed by atoms with van der Waals surface area (Å²) in [6.45, 7) is 4.87. The summed E-state index contributed by atoms with van der Waals surface area (Å²) in [4.78, 5) is 24.8. The number of likely N-dealkylation sites (N-methyl/N-ethyl adjacent to an activating group) is 1. The van der Waals surface area contributed by atoms with Crippen LogP contribution < -0.4 is 0 Å². The third-order valence-electron chi connectivity index (χ3n) is 4.05. The molecule has 4 nitrogen and oxygen atoms in total. The second-order valence-electron chi connectivity index (χ2n) is 6.32. The molecule has 0 aliphatic rings. The zero-order valence-corrected chi connectivity index (χ0v) is 14.3. The number of hydrogen-bond acceptors (Lipinski definition) is 2. The summed E-state index contributed by atoms with van der Waals surface area (Å²) in [7, 11) is 1.78. The van der Waals surface area contributed by atoms with Crippen molar-refractivity contribution in [2.45, 2.75) is 32.7 Å². The number of rotatable bonds is 6. The lowest BCUT2D eigenvalue weighted by Crippen LogP contribution is -2.27. The first-order chi connectivity index (χ1) is 11.4. The quantitative estimate of drug-likeness (QED) is 0.881. The van der Waals surface area contributed by atoms with Gasteiger partial charge in [0, 0.05) is 13.6 Å². The number of aromatic carboxylic acids is 1. The van der Waals surface area contributed by atoms with Crippen LogP contribution in [0.4, 0.5) is 0 Å². The van der Waals surface area contributed by atoms with Crippen molar-refractivity contribution >= 4 is 11.9 Å². The Balaban J connectivity index is 1.95. The fourth-order valence-electron chi connectivity index (χ4n) is 2.44. The summed E-state index contributed by atoms with van der Waals surface area (Å²) < 4.78 is 0. The molecule has 0 saturated heterocycles. The van der Waals surface area contributed by atoms with Gasteiger partial charge in [0.15, 0.2) is 0 Å². The second-order valence-corrected chi connectivity index (χ2v) is 6.32. The third-order valence-corrected chi connectivity index (χ3v) is 4.05. The highest BCUT2D eigenvalue weighted by Crippen LogP contribution is 2.16. The van der Waals surface area contributed by atoms with Crippen LogP contribution in [-0.4, -0.2) is 28.9 Å². The van der Waals surface area contributed by atoms with Crippen molar-refractivity contribution in [3.05, 3.63) is 70.8 Å². The molecule has 0 atom stereocenters. The monoisotopic (exact) mass is 325 g/mol. The Bertz CT molecular complexity index is 703. The first-order valence-corrected chi connectivity index (χ1v) is 8.02. The molecule has 0 fully saturated rings. The van der Waals surface area contributed by atoms with Crippen LogP contribution in [0.3, 0.4) is 0 Å². The summed E-state index contributed by atoms with van der Waals surface area (Å²) in [6, 6.07) is 14.7. The van der Waals surface area contributed by atoms with Crippen LogP contribution in [0.2, 0.25) is 0 Å². The number of carboxylic acids is 1. The van der Waals surface area contributed by atoms with E-state index in [1.54, 1.807) is 24.1 Å². The van der Waals surface area contributed by atoms with Gasteiger partial charge in [-0.25, -0.2) is 4.79 Å². The van der Waals surface area contributed by atoms with Crippen LogP contribution >= 0.6 is 0 Å². The van der Waals surface area contributed by atoms with Crippen molar-refractivity contribution in [2.75, 3.05) is 7.05 Å². The molecule has 0 spiro atoms. The molecule has 0 aliphatic carbocycles. The third kappa shape index (κ3) is 4.69. The molecule has 0 saturated carbocycles. The number of benzene rings is 2. The van der Waals surface area contributed by atoms with Crippen LogP contribution in [0.25, 0.3) is 0 Å². The van der Waals surface area contributed by atoms with E-state index in [-0.39, 0.29) is 17.9 Å². The predicted octanol–water partition coefficient (Wildman–Crippen LogP) is 3.71. The van der Waals surface area contributed by atoms with E-state index in [9.17, 15) is 9.59 Å². The minimum atomic E-state index is -0.963. The lowest BCUT2D eigenvalue weighted by Gasteiger charge is -2.18. The SMILES string of the molecule is CC(C)c1ccc(CN(C)C(=O)Cc2ccc(C(=O)O)cc2)cc1. The minimum absolute atomic E-state index is 0.00557. The van der Waals surface area contributed by atoms with Gasteiger partial charge in [-0.1, -0.05) is 50.2 Å². The first-order valence-electron chi connectivity index (χ1n) is 8.02. The highest BCUT2D eigenvalue weighted by atomic mass is 16.4. The molecule has 1 N–H and O–H groups in total. The number of hydrogen-bond donors (Lipinski definition) is 1. The van der Waals surface area contributed by atoms with Gasteiger partial charge in [-0.05, 0) is 34.7 Å². The highest BCUT2D eigenvalue weighted by molar-refractivity contribution is 5.87. The summed E-state index contributed by atoms with van der Waals surface area (Å²) >= 11 is 0. The second kappa shape index (κ2) is 7.77. The summed E-state index contributed by atoms with van der Waals surface area (Å²) in [5.74, 6) is -0.465.